The lowest BCUT2D eigenvalue weighted by molar-refractivity contribution is -0.137. The predicted octanol–water partition coefficient (Wildman–Crippen LogP) is 5.43. The Labute approximate surface area is 212 Å². The van der Waals surface area contributed by atoms with Crippen LogP contribution in [0.3, 0.4) is 0 Å². The summed E-state index contributed by atoms with van der Waals surface area (Å²) in [5, 5.41) is 8.90. The summed E-state index contributed by atoms with van der Waals surface area (Å²) < 4.78 is 46.9. The molecule has 1 saturated heterocycles. The van der Waals surface area contributed by atoms with Crippen molar-refractivity contribution >= 4 is 40.0 Å². The molecule has 12 heteroatoms. The van der Waals surface area contributed by atoms with Gasteiger partial charge < -0.3 is 20.9 Å². The van der Waals surface area contributed by atoms with Gasteiger partial charge in [-0.05, 0) is 37.6 Å². The number of nitrogens with zero attached hydrogens (tertiary/aromatic N) is 3. The molecule has 0 bridgehead atoms. The first-order valence-electron chi connectivity index (χ1n) is 11.6. The van der Waals surface area contributed by atoms with Crippen molar-refractivity contribution in [1.29, 1.82) is 0 Å². The Balaban J connectivity index is 0.000000434. The fraction of sp³-hybridized carbons (Fsp3) is 0.458. The average Bonchev–Trinajstić information content (AvgIpc) is 3.28. The van der Waals surface area contributed by atoms with Crippen LogP contribution < -0.4 is 20.9 Å². The maximum Gasteiger partial charge on any atom is 0.405 e. The molecule has 3 N–H and O–H groups in total. The van der Waals surface area contributed by atoms with Crippen LogP contribution in [0.25, 0.3) is 6.08 Å². The summed E-state index contributed by atoms with van der Waals surface area (Å²) in [6.07, 6.45) is 9.08. The molecule has 0 spiro atoms. The molecule has 7 nitrogen and oxygen atoms in total. The second kappa shape index (κ2) is 15.1. The Bertz CT molecular complexity index is 987. The van der Waals surface area contributed by atoms with Crippen LogP contribution in [-0.4, -0.2) is 54.4 Å². The van der Waals surface area contributed by atoms with Gasteiger partial charge in [-0.3, -0.25) is 4.79 Å². The van der Waals surface area contributed by atoms with Gasteiger partial charge in [0.25, 0.3) is 0 Å². The minimum atomic E-state index is -4.30. The molecule has 0 atom stereocenters. The zero-order valence-corrected chi connectivity index (χ0v) is 21.1. The van der Waals surface area contributed by atoms with Crippen LogP contribution in [0.2, 0.25) is 0 Å². The van der Waals surface area contributed by atoms with E-state index in [1.165, 1.54) is 0 Å². The van der Waals surface area contributed by atoms with Gasteiger partial charge >= 0.3 is 6.18 Å². The monoisotopic (exact) mass is 528 g/mol. The highest BCUT2D eigenvalue weighted by molar-refractivity contribution is 7.16. The van der Waals surface area contributed by atoms with E-state index in [0.717, 1.165) is 54.5 Å². The van der Waals surface area contributed by atoms with Crippen molar-refractivity contribution in [2.45, 2.75) is 45.5 Å². The number of carbonyl (C=O) groups is 1. The normalized spacial score (nSPS) is 14.6. The molecule has 1 amide bonds. The number of nitrogens with one attached hydrogen (secondary N) is 3. The molecule has 0 unspecified atom stereocenters. The van der Waals surface area contributed by atoms with Crippen molar-refractivity contribution in [2.24, 2.45) is 0 Å². The minimum absolute atomic E-state index is 0.593. The number of rotatable bonds is 9. The van der Waals surface area contributed by atoms with E-state index in [-0.39, 0.29) is 0 Å². The van der Waals surface area contributed by atoms with E-state index in [4.69, 9.17) is 0 Å². The van der Waals surface area contributed by atoms with Gasteiger partial charge in [-0.1, -0.05) is 30.4 Å². The summed E-state index contributed by atoms with van der Waals surface area (Å²) in [6.45, 7) is 4.22. The van der Waals surface area contributed by atoms with Gasteiger partial charge in [0, 0.05) is 50.7 Å². The molecule has 3 heterocycles. The molecule has 0 radical (unpaired) electrons. The summed E-state index contributed by atoms with van der Waals surface area (Å²) >= 11 is 1.57. The second-order valence-electron chi connectivity index (χ2n) is 7.90. The van der Waals surface area contributed by atoms with Crippen molar-refractivity contribution in [3.8, 4) is 0 Å². The van der Waals surface area contributed by atoms with E-state index in [9.17, 15) is 22.4 Å². The lowest BCUT2D eigenvalue weighted by Gasteiger charge is -2.30. The lowest BCUT2D eigenvalue weighted by Crippen LogP contribution is -2.34. The molecule has 0 aliphatic carbocycles. The third-order valence-corrected chi connectivity index (χ3v) is 5.71. The van der Waals surface area contributed by atoms with Crippen molar-refractivity contribution < 1.29 is 22.4 Å². The van der Waals surface area contributed by atoms with Crippen LogP contribution >= 0.6 is 11.3 Å². The minimum Gasteiger partial charge on any atom is -0.387 e. The van der Waals surface area contributed by atoms with E-state index in [0.29, 0.717) is 12.8 Å². The molecule has 1 fully saturated rings. The van der Waals surface area contributed by atoms with Crippen molar-refractivity contribution in [3.05, 3.63) is 47.8 Å². The fourth-order valence-electron chi connectivity index (χ4n) is 3.07. The molecule has 1 aliphatic heterocycles. The van der Waals surface area contributed by atoms with Crippen LogP contribution in [-0.2, 0) is 4.79 Å². The number of aromatic nitrogens is 2. The van der Waals surface area contributed by atoms with E-state index in [1.54, 1.807) is 22.9 Å². The highest BCUT2D eigenvalue weighted by atomic mass is 32.1. The smallest absolute Gasteiger partial charge is 0.387 e. The first-order valence-corrected chi connectivity index (χ1v) is 12.4. The Hall–Kier alpha value is -3.15. The summed E-state index contributed by atoms with van der Waals surface area (Å²) in [5.74, 6) is 0.0786. The topological polar surface area (TPSA) is 82.2 Å². The number of anilines is 3. The van der Waals surface area contributed by atoms with Crippen molar-refractivity contribution in [3.63, 3.8) is 0 Å². The molecule has 198 valence electrons. The fourth-order valence-corrected chi connectivity index (χ4v) is 3.80. The zero-order chi connectivity index (χ0) is 26.4. The van der Waals surface area contributed by atoms with Crippen LogP contribution in [0.15, 0.2) is 42.9 Å². The summed E-state index contributed by atoms with van der Waals surface area (Å²) in [7, 11) is 0. The van der Waals surface area contributed by atoms with Gasteiger partial charge in [0.05, 0.1) is 4.88 Å². The highest BCUT2D eigenvalue weighted by Gasteiger charge is 2.26. The average molecular weight is 529 g/mol. The molecule has 0 saturated carbocycles. The van der Waals surface area contributed by atoms with E-state index < -0.39 is 24.8 Å². The van der Waals surface area contributed by atoms with Gasteiger partial charge in [0.1, 0.15) is 18.5 Å². The molecule has 2 aromatic heterocycles. The molecule has 2 aromatic rings. The quantitative estimate of drug-likeness (QED) is 0.229. The molecular weight excluding hydrogens is 496 g/mol. The molecular formula is C24H32F4N6OS. The molecule has 3 rings (SSSR count). The van der Waals surface area contributed by atoms with Gasteiger partial charge in [-0.25, -0.2) is 14.4 Å². The highest BCUT2D eigenvalue weighted by Crippen LogP contribution is 2.26. The van der Waals surface area contributed by atoms with Gasteiger partial charge in [0.2, 0.25) is 5.91 Å². The number of hydrogen-bond acceptors (Lipinski definition) is 7. The van der Waals surface area contributed by atoms with Gasteiger partial charge in [-0.2, -0.15) is 13.2 Å². The number of carbonyl (C=O) groups excluding carboxylic acids is 1. The van der Waals surface area contributed by atoms with E-state index >= 15 is 0 Å². The summed E-state index contributed by atoms with van der Waals surface area (Å²) in [5.41, 5.74) is 1.07. The third kappa shape index (κ3) is 12.0. The Morgan fingerprint density at radius 1 is 1.25 bits per heavy atom. The number of piperidine rings is 1. The number of amides is 1. The van der Waals surface area contributed by atoms with Crippen LogP contribution in [0.5, 0.6) is 0 Å². The number of alkyl halides is 4. The van der Waals surface area contributed by atoms with Gasteiger partial charge in [-0.15, -0.1) is 0 Å². The Morgan fingerprint density at radius 2 is 2.00 bits per heavy atom. The van der Waals surface area contributed by atoms with Crippen molar-refractivity contribution in [1.82, 2.24) is 20.6 Å². The first kappa shape index (κ1) is 29.1. The largest absolute Gasteiger partial charge is 0.405 e. The van der Waals surface area contributed by atoms with Crippen LogP contribution in [0.1, 0.15) is 38.0 Å². The van der Waals surface area contributed by atoms with Crippen molar-refractivity contribution in [2.75, 3.05) is 36.4 Å². The first-order chi connectivity index (χ1) is 17.2. The van der Waals surface area contributed by atoms with Crippen LogP contribution in [0, 0.1) is 0 Å². The number of hydrogen-bond donors (Lipinski definition) is 3. The third-order valence-electron chi connectivity index (χ3n) is 4.83. The maximum absolute atomic E-state index is 13.3. The second-order valence-corrected chi connectivity index (χ2v) is 8.96. The molecule has 1 aliphatic rings. The van der Waals surface area contributed by atoms with E-state index in [1.807, 2.05) is 30.6 Å². The van der Waals surface area contributed by atoms with Gasteiger partial charge in [0.15, 0.2) is 5.13 Å². The molecule has 0 aromatic carbocycles. The Kier molecular flexibility index (Phi) is 12.2. The lowest BCUT2D eigenvalue weighted by atomic mass is 10.1. The zero-order valence-electron chi connectivity index (χ0n) is 20.3. The number of allylic oxidation sites excluding steroid dienone is 1. The standard InChI is InChI=1S/C20H26FN5S.C4H6F3NO/c1-2-3-4-9-22-10-6-18-15-24-20(27-18)25-19-14-17(5-11-23-19)26-12-7-16(21)8-13-26;1-3(9)8-2-4(5,6)7/h3-6,10-11,14-16,22H,2,7-9,12-13H2,1H3,(H,23,24,25);2H2,1H3,(H,8,9)/b4-3-,10-6+;. The van der Waals surface area contributed by atoms with E-state index in [2.05, 4.69) is 44.6 Å². The summed E-state index contributed by atoms with van der Waals surface area (Å²) in [6, 6.07) is 3.97. The number of halogens is 4. The maximum atomic E-state index is 13.3. The number of thiazole rings is 1. The predicted molar refractivity (Wildman–Crippen MR) is 137 cm³/mol. The summed E-state index contributed by atoms with van der Waals surface area (Å²) in [4.78, 5) is 21.9. The molecule has 36 heavy (non-hydrogen) atoms. The Morgan fingerprint density at radius 3 is 2.64 bits per heavy atom. The van der Waals surface area contributed by atoms with Crippen LogP contribution in [0.4, 0.5) is 34.2 Å². The number of pyridine rings is 1. The SMILES string of the molecule is CC(=O)NCC(F)(F)F.CC/C=C\CN/C=C/c1cnc(Nc2cc(N3CCC(F)CC3)ccn2)s1.